The number of aryl methyl sites for hydroxylation is 2. The van der Waals surface area contributed by atoms with Crippen molar-refractivity contribution in [3.05, 3.63) is 70.5 Å². The third-order valence-electron chi connectivity index (χ3n) is 4.86. The van der Waals surface area contributed by atoms with Crippen molar-refractivity contribution in [2.45, 2.75) is 20.3 Å². The Balaban J connectivity index is 1.59. The molecule has 0 atom stereocenters. The standard InChI is InChI=1S/C21H23FN2O2/c1-15-7-8-17(16(2)13-15)14-20(25)23-9-11-24(12-10-23)21(26)18-5-3-4-6-19(18)22/h3-8,13H,9-12,14H2,1-2H3. The SMILES string of the molecule is Cc1ccc(CC(=O)N2CCN(C(=O)c3ccccc3F)CC2)c(C)c1. The number of rotatable bonds is 3. The lowest BCUT2D eigenvalue weighted by atomic mass is 10.0. The summed E-state index contributed by atoms with van der Waals surface area (Å²) in [5.74, 6) is -0.759. The lowest BCUT2D eigenvalue weighted by Gasteiger charge is -2.35. The van der Waals surface area contributed by atoms with Gasteiger partial charge in [0.2, 0.25) is 5.91 Å². The minimum absolute atomic E-state index is 0.0648. The molecule has 4 nitrogen and oxygen atoms in total. The number of hydrogen-bond donors (Lipinski definition) is 0. The van der Waals surface area contributed by atoms with Crippen LogP contribution in [0.1, 0.15) is 27.0 Å². The normalized spacial score (nSPS) is 14.4. The molecule has 5 heteroatoms. The van der Waals surface area contributed by atoms with Crippen LogP contribution >= 0.6 is 0 Å². The molecule has 136 valence electrons. The van der Waals surface area contributed by atoms with E-state index in [1.807, 2.05) is 26.0 Å². The molecule has 0 aliphatic carbocycles. The second kappa shape index (κ2) is 7.68. The van der Waals surface area contributed by atoms with Crippen LogP contribution < -0.4 is 0 Å². The zero-order valence-electron chi connectivity index (χ0n) is 15.2. The summed E-state index contributed by atoms with van der Waals surface area (Å²) < 4.78 is 13.8. The summed E-state index contributed by atoms with van der Waals surface area (Å²) >= 11 is 0. The van der Waals surface area contributed by atoms with Gasteiger partial charge in [-0.3, -0.25) is 9.59 Å². The van der Waals surface area contributed by atoms with Gasteiger partial charge in [-0.2, -0.15) is 0 Å². The van der Waals surface area contributed by atoms with E-state index in [0.29, 0.717) is 32.6 Å². The predicted molar refractivity (Wildman–Crippen MR) is 98.5 cm³/mol. The van der Waals surface area contributed by atoms with Gasteiger partial charge in [0.05, 0.1) is 12.0 Å². The molecule has 2 aromatic rings. The van der Waals surface area contributed by atoms with E-state index < -0.39 is 5.82 Å². The van der Waals surface area contributed by atoms with E-state index in [2.05, 4.69) is 6.07 Å². The number of halogens is 1. The van der Waals surface area contributed by atoms with Gasteiger partial charge in [-0.15, -0.1) is 0 Å². The summed E-state index contributed by atoms with van der Waals surface area (Å²) in [5, 5.41) is 0. The van der Waals surface area contributed by atoms with E-state index in [9.17, 15) is 14.0 Å². The highest BCUT2D eigenvalue weighted by Gasteiger charge is 2.26. The monoisotopic (exact) mass is 354 g/mol. The van der Waals surface area contributed by atoms with Gasteiger partial charge in [0.1, 0.15) is 5.82 Å². The van der Waals surface area contributed by atoms with E-state index >= 15 is 0 Å². The van der Waals surface area contributed by atoms with Crippen molar-refractivity contribution in [3.63, 3.8) is 0 Å². The highest BCUT2D eigenvalue weighted by Crippen LogP contribution is 2.15. The summed E-state index contributed by atoms with van der Waals surface area (Å²) in [4.78, 5) is 28.4. The number of nitrogens with zero attached hydrogens (tertiary/aromatic N) is 2. The van der Waals surface area contributed by atoms with Crippen LogP contribution in [0.4, 0.5) is 4.39 Å². The van der Waals surface area contributed by atoms with Crippen LogP contribution in [0.25, 0.3) is 0 Å². The first-order chi connectivity index (χ1) is 12.5. The van der Waals surface area contributed by atoms with E-state index in [1.54, 1.807) is 21.9 Å². The number of amides is 2. The highest BCUT2D eigenvalue weighted by atomic mass is 19.1. The van der Waals surface area contributed by atoms with E-state index in [0.717, 1.165) is 11.1 Å². The number of hydrogen-bond acceptors (Lipinski definition) is 2. The third kappa shape index (κ3) is 3.93. The molecule has 0 saturated carbocycles. The van der Waals surface area contributed by atoms with Gasteiger partial charge in [0, 0.05) is 26.2 Å². The Bertz CT molecular complexity index is 827. The second-order valence-corrected chi connectivity index (χ2v) is 6.76. The topological polar surface area (TPSA) is 40.6 Å². The molecule has 1 fully saturated rings. The Morgan fingerprint density at radius 1 is 0.962 bits per heavy atom. The molecule has 2 amide bonds. The van der Waals surface area contributed by atoms with Crippen LogP contribution in [0.2, 0.25) is 0 Å². The van der Waals surface area contributed by atoms with Gasteiger partial charge < -0.3 is 9.80 Å². The van der Waals surface area contributed by atoms with Gasteiger partial charge in [-0.05, 0) is 37.1 Å². The maximum atomic E-state index is 13.8. The van der Waals surface area contributed by atoms with Crippen LogP contribution in [0.15, 0.2) is 42.5 Å². The Morgan fingerprint density at radius 3 is 2.27 bits per heavy atom. The van der Waals surface area contributed by atoms with Gasteiger partial charge in [0.15, 0.2) is 0 Å². The molecule has 1 saturated heterocycles. The third-order valence-corrected chi connectivity index (χ3v) is 4.86. The Kier molecular flexibility index (Phi) is 5.35. The Labute approximate surface area is 153 Å². The molecule has 0 N–H and O–H groups in total. The van der Waals surface area contributed by atoms with Crippen LogP contribution in [0, 0.1) is 19.7 Å². The van der Waals surface area contributed by atoms with Gasteiger partial charge in [0.25, 0.3) is 5.91 Å². The molecule has 0 unspecified atom stereocenters. The van der Waals surface area contributed by atoms with Crippen molar-refractivity contribution < 1.29 is 14.0 Å². The lowest BCUT2D eigenvalue weighted by Crippen LogP contribution is -2.51. The summed E-state index contributed by atoms with van der Waals surface area (Å²) in [6.45, 7) is 5.84. The fourth-order valence-electron chi connectivity index (χ4n) is 3.28. The maximum absolute atomic E-state index is 13.8. The van der Waals surface area contributed by atoms with Crippen molar-refractivity contribution in [2.75, 3.05) is 26.2 Å². The van der Waals surface area contributed by atoms with Crippen molar-refractivity contribution in [3.8, 4) is 0 Å². The lowest BCUT2D eigenvalue weighted by molar-refractivity contribution is -0.131. The van der Waals surface area contributed by atoms with E-state index in [4.69, 9.17) is 0 Å². The zero-order valence-corrected chi connectivity index (χ0v) is 15.2. The number of carbonyl (C=O) groups excluding carboxylic acids is 2. The van der Waals surface area contributed by atoms with Gasteiger partial charge >= 0.3 is 0 Å². The first-order valence-electron chi connectivity index (χ1n) is 8.83. The highest BCUT2D eigenvalue weighted by molar-refractivity contribution is 5.94. The second-order valence-electron chi connectivity index (χ2n) is 6.76. The number of piperazine rings is 1. The Hall–Kier alpha value is -2.69. The van der Waals surface area contributed by atoms with Crippen LogP contribution in [0.3, 0.4) is 0 Å². The molecule has 0 aromatic heterocycles. The van der Waals surface area contributed by atoms with E-state index in [-0.39, 0.29) is 17.4 Å². The van der Waals surface area contributed by atoms with Crippen LogP contribution in [0.5, 0.6) is 0 Å². The minimum Gasteiger partial charge on any atom is -0.339 e. The molecule has 3 rings (SSSR count). The quantitative estimate of drug-likeness (QED) is 0.850. The van der Waals surface area contributed by atoms with Crippen molar-refractivity contribution in [1.82, 2.24) is 9.80 Å². The smallest absolute Gasteiger partial charge is 0.256 e. The van der Waals surface area contributed by atoms with Crippen molar-refractivity contribution >= 4 is 11.8 Å². The molecule has 1 aliphatic heterocycles. The number of benzene rings is 2. The fraction of sp³-hybridized carbons (Fsp3) is 0.333. The molecule has 2 aromatic carbocycles. The van der Waals surface area contributed by atoms with Gasteiger partial charge in [-0.1, -0.05) is 35.9 Å². The first-order valence-corrected chi connectivity index (χ1v) is 8.83. The van der Waals surface area contributed by atoms with Crippen molar-refractivity contribution in [1.29, 1.82) is 0 Å². The predicted octanol–water partition coefficient (Wildman–Crippen LogP) is 2.97. The average Bonchev–Trinajstić information content (AvgIpc) is 2.64. The summed E-state index contributed by atoms with van der Waals surface area (Å²) in [7, 11) is 0. The molecule has 0 bridgehead atoms. The molecule has 26 heavy (non-hydrogen) atoms. The maximum Gasteiger partial charge on any atom is 0.256 e. The summed E-state index contributed by atoms with van der Waals surface area (Å²) in [5.41, 5.74) is 3.42. The van der Waals surface area contributed by atoms with Gasteiger partial charge in [-0.25, -0.2) is 4.39 Å². The summed E-state index contributed by atoms with van der Waals surface area (Å²) in [6, 6.07) is 12.1. The largest absolute Gasteiger partial charge is 0.339 e. The zero-order chi connectivity index (χ0) is 18.7. The average molecular weight is 354 g/mol. The minimum atomic E-state index is -0.508. The molecule has 0 spiro atoms. The molecular formula is C21H23FN2O2. The summed E-state index contributed by atoms with van der Waals surface area (Å²) in [6.07, 6.45) is 0.368. The molecule has 0 radical (unpaired) electrons. The van der Waals surface area contributed by atoms with E-state index in [1.165, 1.54) is 17.7 Å². The Morgan fingerprint density at radius 2 is 1.62 bits per heavy atom. The molecule has 1 heterocycles. The van der Waals surface area contributed by atoms with Crippen LogP contribution in [-0.2, 0) is 11.2 Å². The number of carbonyl (C=O) groups is 2. The molecule has 1 aliphatic rings. The fourth-order valence-corrected chi connectivity index (χ4v) is 3.28. The van der Waals surface area contributed by atoms with Crippen molar-refractivity contribution in [2.24, 2.45) is 0 Å². The molecular weight excluding hydrogens is 331 g/mol. The first kappa shape index (κ1) is 18.1. The van der Waals surface area contributed by atoms with Crippen LogP contribution in [-0.4, -0.2) is 47.8 Å².